The first-order chi connectivity index (χ1) is 7.59. The summed E-state index contributed by atoms with van der Waals surface area (Å²) in [6.45, 7) is 2.99. The molecule has 0 saturated carbocycles. The first-order valence-corrected chi connectivity index (χ1v) is 5.80. The van der Waals surface area contributed by atoms with Gasteiger partial charge in [0, 0.05) is 17.1 Å². The molecule has 0 aromatic heterocycles. The van der Waals surface area contributed by atoms with Crippen molar-refractivity contribution < 1.29 is 9.50 Å². The quantitative estimate of drug-likeness (QED) is 0.756. The van der Waals surface area contributed by atoms with Crippen LogP contribution in [0.15, 0.2) is 18.2 Å². The summed E-state index contributed by atoms with van der Waals surface area (Å²) in [5, 5.41) is 12.7. The molecule has 0 spiro atoms. The van der Waals surface area contributed by atoms with Crippen molar-refractivity contribution in [1.29, 1.82) is 0 Å². The SMILES string of the molecule is CC(O)CCCNCc1cc(Cl)ccc1F. The smallest absolute Gasteiger partial charge is 0.127 e. The second-order valence-electron chi connectivity index (χ2n) is 3.90. The maximum Gasteiger partial charge on any atom is 0.127 e. The van der Waals surface area contributed by atoms with E-state index in [1.165, 1.54) is 12.1 Å². The van der Waals surface area contributed by atoms with Gasteiger partial charge in [-0.25, -0.2) is 4.39 Å². The Balaban J connectivity index is 2.29. The molecule has 0 aliphatic carbocycles. The third-order valence-corrected chi connectivity index (χ3v) is 2.53. The summed E-state index contributed by atoms with van der Waals surface area (Å²) in [5.74, 6) is -0.243. The fraction of sp³-hybridized carbons (Fsp3) is 0.500. The Labute approximate surface area is 100 Å². The van der Waals surface area contributed by atoms with Crippen LogP contribution < -0.4 is 5.32 Å². The van der Waals surface area contributed by atoms with Gasteiger partial charge >= 0.3 is 0 Å². The minimum Gasteiger partial charge on any atom is -0.393 e. The van der Waals surface area contributed by atoms with Crippen molar-refractivity contribution in [3.8, 4) is 0 Å². The minimum absolute atomic E-state index is 0.243. The van der Waals surface area contributed by atoms with Crippen LogP contribution in [0.4, 0.5) is 4.39 Å². The molecule has 1 atom stereocenters. The van der Waals surface area contributed by atoms with E-state index in [2.05, 4.69) is 5.32 Å². The van der Waals surface area contributed by atoms with E-state index in [1.54, 1.807) is 13.0 Å². The molecule has 0 bridgehead atoms. The predicted molar refractivity (Wildman–Crippen MR) is 64.0 cm³/mol. The van der Waals surface area contributed by atoms with Gasteiger partial charge in [-0.2, -0.15) is 0 Å². The van der Waals surface area contributed by atoms with E-state index in [0.29, 0.717) is 17.1 Å². The molecular formula is C12H17ClFNO. The number of rotatable bonds is 6. The molecular weight excluding hydrogens is 229 g/mol. The van der Waals surface area contributed by atoms with Gasteiger partial charge in [0.05, 0.1) is 6.10 Å². The average molecular weight is 246 g/mol. The van der Waals surface area contributed by atoms with E-state index in [1.807, 2.05) is 0 Å². The molecule has 1 unspecified atom stereocenters. The van der Waals surface area contributed by atoms with Crippen LogP contribution in [0, 0.1) is 5.82 Å². The van der Waals surface area contributed by atoms with Crippen molar-refractivity contribution in [1.82, 2.24) is 5.32 Å². The monoisotopic (exact) mass is 245 g/mol. The van der Waals surface area contributed by atoms with Crippen molar-refractivity contribution in [2.24, 2.45) is 0 Å². The van der Waals surface area contributed by atoms with Crippen LogP contribution in [0.2, 0.25) is 5.02 Å². The summed E-state index contributed by atoms with van der Waals surface area (Å²) in [7, 11) is 0. The van der Waals surface area contributed by atoms with E-state index in [-0.39, 0.29) is 11.9 Å². The zero-order valence-electron chi connectivity index (χ0n) is 9.34. The predicted octanol–water partition coefficient (Wildman–Crippen LogP) is 2.73. The molecule has 4 heteroatoms. The van der Waals surface area contributed by atoms with Gasteiger partial charge in [-0.3, -0.25) is 0 Å². The summed E-state index contributed by atoms with van der Waals surface area (Å²) in [4.78, 5) is 0. The third-order valence-electron chi connectivity index (χ3n) is 2.30. The Morgan fingerprint density at radius 1 is 1.50 bits per heavy atom. The lowest BCUT2D eigenvalue weighted by molar-refractivity contribution is 0.181. The molecule has 0 aliphatic heterocycles. The second-order valence-corrected chi connectivity index (χ2v) is 4.34. The first-order valence-electron chi connectivity index (χ1n) is 5.42. The van der Waals surface area contributed by atoms with Gasteiger partial charge in [0.15, 0.2) is 0 Å². The van der Waals surface area contributed by atoms with Crippen LogP contribution in [-0.2, 0) is 6.54 Å². The summed E-state index contributed by atoms with van der Waals surface area (Å²) >= 11 is 5.77. The molecule has 0 radical (unpaired) electrons. The molecule has 0 amide bonds. The fourth-order valence-electron chi connectivity index (χ4n) is 1.42. The molecule has 0 heterocycles. The Morgan fingerprint density at radius 2 is 2.25 bits per heavy atom. The molecule has 0 saturated heterocycles. The maximum atomic E-state index is 13.3. The fourth-order valence-corrected chi connectivity index (χ4v) is 1.62. The topological polar surface area (TPSA) is 32.3 Å². The van der Waals surface area contributed by atoms with Gasteiger partial charge in [-0.15, -0.1) is 0 Å². The second kappa shape index (κ2) is 6.84. The Morgan fingerprint density at radius 3 is 2.94 bits per heavy atom. The molecule has 2 nitrogen and oxygen atoms in total. The zero-order valence-corrected chi connectivity index (χ0v) is 10.1. The van der Waals surface area contributed by atoms with Gasteiger partial charge in [0.2, 0.25) is 0 Å². The van der Waals surface area contributed by atoms with Crippen molar-refractivity contribution >= 4 is 11.6 Å². The zero-order chi connectivity index (χ0) is 12.0. The van der Waals surface area contributed by atoms with E-state index in [4.69, 9.17) is 16.7 Å². The number of aliphatic hydroxyl groups is 1. The third kappa shape index (κ3) is 4.92. The molecule has 0 fully saturated rings. The first kappa shape index (κ1) is 13.4. The molecule has 16 heavy (non-hydrogen) atoms. The van der Waals surface area contributed by atoms with Gasteiger partial charge in [-0.05, 0) is 44.5 Å². The van der Waals surface area contributed by atoms with Crippen LogP contribution >= 0.6 is 11.6 Å². The lowest BCUT2D eigenvalue weighted by Crippen LogP contribution is -2.17. The van der Waals surface area contributed by atoms with Crippen LogP contribution in [0.5, 0.6) is 0 Å². The molecule has 0 aliphatic rings. The normalized spacial score (nSPS) is 12.8. The van der Waals surface area contributed by atoms with E-state index in [0.717, 1.165) is 19.4 Å². The van der Waals surface area contributed by atoms with Crippen molar-refractivity contribution in [2.45, 2.75) is 32.4 Å². The largest absolute Gasteiger partial charge is 0.393 e. The lowest BCUT2D eigenvalue weighted by atomic mass is 10.2. The lowest BCUT2D eigenvalue weighted by Gasteiger charge is -2.07. The summed E-state index contributed by atoms with van der Waals surface area (Å²) in [6.07, 6.45) is 1.36. The van der Waals surface area contributed by atoms with Gasteiger partial charge < -0.3 is 10.4 Å². The number of halogens is 2. The summed E-state index contributed by atoms with van der Waals surface area (Å²) in [5.41, 5.74) is 0.574. The van der Waals surface area contributed by atoms with Crippen LogP contribution in [0.1, 0.15) is 25.3 Å². The van der Waals surface area contributed by atoms with Crippen molar-refractivity contribution in [3.63, 3.8) is 0 Å². The van der Waals surface area contributed by atoms with E-state index in [9.17, 15) is 4.39 Å². The highest BCUT2D eigenvalue weighted by Gasteiger charge is 2.02. The van der Waals surface area contributed by atoms with Gasteiger partial charge in [0.1, 0.15) is 5.82 Å². The Bertz CT molecular complexity index is 331. The maximum absolute atomic E-state index is 13.3. The number of hydrogen-bond donors (Lipinski definition) is 2. The van der Waals surface area contributed by atoms with Crippen LogP contribution in [0.3, 0.4) is 0 Å². The van der Waals surface area contributed by atoms with Crippen molar-refractivity contribution in [2.75, 3.05) is 6.54 Å². The standard InChI is InChI=1S/C12H17ClFNO/c1-9(16)3-2-6-15-8-10-7-11(13)4-5-12(10)14/h4-5,7,9,15-16H,2-3,6,8H2,1H3. The van der Waals surface area contributed by atoms with E-state index >= 15 is 0 Å². The summed E-state index contributed by atoms with van der Waals surface area (Å²) < 4.78 is 13.3. The highest BCUT2D eigenvalue weighted by molar-refractivity contribution is 6.30. The molecule has 1 rings (SSSR count). The minimum atomic E-state index is -0.273. The highest BCUT2D eigenvalue weighted by Crippen LogP contribution is 2.14. The van der Waals surface area contributed by atoms with Crippen molar-refractivity contribution in [3.05, 3.63) is 34.6 Å². The molecule has 1 aromatic carbocycles. The molecule has 2 N–H and O–H groups in total. The van der Waals surface area contributed by atoms with Crippen LogP contribution in [0.25, 0.3) is 0 Å². The Kier molecular flexibility index (Phi) is 5.74. The average Bonchev–Trinajstić information content (AvgIpc) is 2.22. The number of aliphatic hydroxyl groups excluding tert-OH is 1. The highest BCUT2D eigenvalue weighted by atomic mass is 35.5. The number of hydrogen-bond acceptors (Lipinski definition) is 2. The molecule has 1 aromatic rings. The number of nitrogens with one attached hydrogen (secondary N) is 1. The number of benzene rings is 1. The summed E-state index contributed by atoms with van der Waals surface area (Å²) in [6, 6.07) is 4.53. The van der Waals surface area contributed by atoms with Gasteiger partial charge in [-0.1, -0.05) is 11.6 Å². The van der Waals surface area contributed by atoms with E-state index < -0.39 is 0 Å². The van der Waals surface area contributed by atoms with Crippen LogP contribution in [-0.4, -0.2) is 17.8 Å². The molecule has 90 valence electrons. The Hall–Kier alpha value is -0.640. The van der Waals surface area contributed by atoms with Gasteiger partial charge in [0.25, 0.3) is 0 Å².